The molecule has 0 radical (unpaired) electrons. The summed E-state index contributed by atoms with van der Waals surface area (Å²) in [6.07, 6.45) is 11.8. The van der Waals surface area contributed by atoms with Gasteiger partial charge in [-0.3, -0.25) is 10.1 Å². The number of aliphatic hydroxyl groups excluding tert-OH is 1. The molecule has 7 heteroatoms. The fraction of sp³-hybridized carbons (Fsp3) is 0.808. The molecule has 0 saturated heterocycles. The van der Waals surface area contributed by atoms with Crippen LogP contribution >= 0.6 is 0 Å². The first kappa shape index (κ1) is 26.3. The highest BCUT2D eigenvalue weighted by molar-refractivity contribution is 5.80. The van der Waals surface area contributed by atoms with Crippen molar-refractivity contribution in [3.63, 3.8) is 0 Å². The lowest BCUT2D eigenvalue weighted by atomic mass is 9.82. The highest BCUT2D eigenvalue weighted by Crippen LogP contribution is 2.45. The number of carbonyl (C=O) groups is 1. The lowest BCUT2D eigenvalue weighted by Gasteiger charge is -2.24. The second-order valence-electron chi connectivity index (χ2n) is 10.3. The Morgan fingerprint density at radius 3 is 2.61 bits per heavy atom. The van der Waals surface area contributed by atoms with E-state index in [1.54, 1.807) is 0 Å². The highest BCUT2D eigenvalue weighted by atomic mass is 19.4. The molecule has 3 aliphatic rings. The molecule has 2 fully saturated rings. The van der Waals surface area contributed by atoms with Gasteiger partial charge in [0.05, 0.1) is 12.1 Å². The summed E-state index contributed by atoms with van der Waals surface area (Å²) in [7, 11) is 0. The number of hydrogen-bond acceptors (Lipinski definition) is 3. The van der Waals surface area contributed by atoms with Crippen molar-refractivity contribution in [2.24, 2.45) is 23.7 Å². The van der Waals surface area contributed by atoms with Gasteiger partial charge in [-0.05, 0) is 49.5 Å². The zero-order chi connectivity index (χ0) is 23.8. The maximum absolute atomic E-state index is 12.8. The summed E-state index contributed by atoms with van der Waals surface area (Å²) < 4.78 is 38.5. The SMILES string of the molecule is CCC(CCC1CCCCC1)CCC1CC1C(O)NCC(=O)NC1=CC(C(F)(F)F)=CCC1. The van der Waals surface area contributed by atoms with Crippen LogP contribution in [-0.4, -0.2) is 30.0 Å². The van der Waals surface area contributed by atoms with Gasteiger partial charge in [0.1, 0.15) is 6.23 Å². The van der Waals surface area contributed by atoms with Gasteiger partial charge in [0.15, 0.2) is 0 Å². The Morgan fingerprint density at radius 1 is 1.18 bits per heavy atom. The van der Waals surface area contributed by atoms with Crippen molar-refractivity contribution in [1.82, 2.24) is 10.6 Å². The molecular formula is C26H41F3N2O2. The fourth-order valence-electron chi connectivity index (χ4n) is 5.51. The molecule has 4 nitrogen and oxygen atoms in total. The lowest BCUT2D eigenvalue weighted by molar-refractivity contribution is -0.120. The van der Waals surface area contributed by atoms with Gasteiger partial charge in [0, 0.05) is 11.6 Å². The van der Waals surface area contributed by atoms with Crippen molar-refractivity contribution in [1.29, 1.82) is 0 Å². The normalized spacial score (nSPS) is 25.7. The van der Waals surface area contributed by atoms with Gasteiger partial charge in [0.25, 0.3) is 0 Å². The lowest BCUT2D eigenvalue weighted by Crippen LogP contribution is -2.40. The van der Waals surface area contributed by atoms with E-state index in [0.29, 0.717) is 12.3 Å². The quantitative estimate of drug-likeness (QED) is 0.308. The molecule has 3 aliphatic carbocycles. The van der Waals surface area contributed by atoms with E-state index in [9.17, 15) is 23.1 Å². The van der Waals surface area contributed by atoms with Crippen molar-refractivity contribution in [3.8, 4) is 0 Å². The van der Waals surface area contributed by atoms with Crippen molar-refractivity contribution in [2.45, 2.75) is 103 Å². The molecule has 0 aliphatic heterocycles. The van der Waals surface area contributed by atoms with Crippen LogP contribution in [0.4, 0.5) is 13.2 Å². The largest absolute Gasteiger partial charge is 0.416 e. The number of allylic oxidation sites excluding steroid dienone is 4. The monoisotopic (exact) mass is 470 g/mol. The van der Waals surface area contributed by atoms with Crippen molar-refractivity contribution in [3.05, 3.63) is 23.4 Å². The van der Waals surface area contributed by atoms with Gasteiger partial charge in [-0.25, -0.2) is 0 Å². The Hall–Kier alpha value is -1.34. The van der Waals surface area contributed by atoms with Gasteiger partial charge < -0.3 is 10.4 Å². The standard InChI is InChI=1S/C26H41F3N2O2/c1-2-18(11-12-19-7-4-3-5-8-19)13-14-20-15-23(20)25(33)30-17-24(32)31-22-10-6-9-21(16-22)26(27,28)29/h9,16,18-20,23,25,30,33H,2-8,10-15,17H2,1H3,(H,31,32). The number of carbonyl (C=O) groups excluding carboxylic acids is 1. The molecule has 0 aromatic rings. The van der Waals surface area contributed by atoms with Crippen LogP contribution in [0.5, 0.6) is 0 Å². The minimum absolute atomic E-state index is 0.105. The number of alkyl halides is 3. The summed E-state index contributed by atoms with van der Waals surface area (Å²) in [5.41, 5.74) is -0.448. The third kappa shape index (κ3) is 8.75. The molecule has 4 unspecified atom stereocenters. The third-order valence-electron chi connectivity index (χ3n) is 7.82. The van der Waals surface area contributed by atoms with E-state index in [4.69, 9.17) is 0 Å². The molecule has 0 heterocycles. The summed E-state index contributed by atoms with van der Waals surface area (Å²) >= 11 is 0. The maximum atomic E-state index is 12.8. The molecule has 0 aromatic carbocycles. The van der Waals surface area contributed by atoms with Gasteiger partial charge in [0.2, 0.25) is 5.91 Å². The molecule has 0 aromatic heterocycles. The molecule has 1 amide bonds. The van der Waals surface area contributed by atoms with E-state index in [1.807, 2.05) is 0 Å². The zero-order valence-electron chi connectivity index (χ0n) is 19.9. The van der Waals surface area contributed by atoms with Crippen LogP contribution < -0.4 is 10.6 Å². The first-order valence-electron chi connectivity index (χ1n) is 13.0. The van der Waals surface area contributed by atoms with Crippen LogP contribution in [0.2, 0.25) is 0 Å². The fourth-order valence-corrected chi connectivity index (χ4v) is 5.51. The maximum Gasteiger partial charge on any atom is 0.416 e. The van der Waals surface area contributed by atoms with Crippen LogP contribution in [-0.2, 0) is 4.79 Å². The zero-order valence-corrected chi connectivity index (χ0v) is 19.9. The number of aliphatic hydroxyl groups is 1. The van der Waals surface area contributed by atoms with E-state index >= 15 is 0 Å². The Bertz CT molecular complexity index is 698. The second kappa shape index (κ2) is 12.4. The van der Waals surface area contributed by atoms with Crippen LogP contribution in [0.15, 0.2) is 23.4 Å². The molecule has 0 spiro atoms. The van der Waals surface area contributed by atoms with Crippen LogP contribution in [0, 0.1) is 23.7 Å². The molecular weight excluding hydrogens is 429 g/mol. The van der Waals surface area contributed by atoms with E-state index in [0.717, 1.165) is 36.8 Å². The Morgan fingerprint density at radius 2 is 1.91 bits per heavy atom. The Kier molecular flexibility index (Phi) is 9.86. The topological polar surface area (TPSA) is 61.4 Å². The minimum Gasteiger partial charge on any atom is -0.378 e. The Labute approximate surface area is 196 Å². The predicted octanol–water partition coefficient (Wildman–Crippen LogP) is 5.98. The number of amides is 1. The summed E-state index contributed by atoms with van der Waals surface area (Å²) in [6.45, 7) is 2.17. The van der Waals surface area contributed by atoms with Crippen LogP contribution in [0.3, 0.4) is 0 Å². The summed E-state index contributed by atoms with van der Waals surface area (Å²) in [6, 6.07) is 0. The van der Waals surface area contributed by atoms with E-state index in [1.165, 1.54) is 57.8 Å². The van der Waals surface area contributed by atoms with E-state index < -0.39 is 23.9 Å². The summed E-state index contributed by atoms with van der Waals surface area (Å²) in [5.74, 6) is 1.94. The first-order chi connectivity index (χ1) is 15.8. The molecule has 188 valence electrons. The smallest absolute Gasteiger partial charge is 0.378 e. The van der Waals surface area contributed by atoms with Crippen LogP contribution in [0.25, 0.3) is 0 Å². The first-order valence-corrected chi connectivity index (χ1v) is 13.0. The number of nitrogens with one attached hydrogen (secondary N) is 2. The second-order valence-corrected chi connectivity index (χ2v) is 10.3. The molecule has 33 heavy (non-hydrogen) atoms. The van der Waals surface area contributed by atoms with E-state index in [2.05, 4.69) is 17.6 Å². The van der Waals surface area contributed by atoms with Gasteiger partial charge in [-0.15, -0.1) is 0 Å². The van der Waals surface area contributed by atoms with Gasteiger partial charge >= 0.3 is 6.18 Å². The number of hydrogen-bond donors (Lipinski definition) is 3. The van der Waals surface area contributed by atoms with E-state index in [-0.39, 0.29) is 24.6 Å². The van der Waals surface area contributed by atoms with Gasteiger partial charge in [-0.1, -0.05) is 70.8 Å². The number of rotatable bonds is 12. The average molecular weight is 471 g/mol. The van der Waals surface area contributed by atoms with Crippen molar-refractivity contribution >= 4 is 5.91 Å². The van der Waals surface area contributed by atoms with Crippen molar-refractivity contribution < 1.29 is 23.1 Å². The summed E-state index contributed by atoms with van der Waals surface area (Å²) in [4.78, 5) is 12.1. The molecule has 3 rings (SSSR count). The van der Waals surface area contributed by atoms with Crippen molar-refractivity contribution in [2.75, 3.05) is 6.54 Å². The molecule has 0 bridgehead atoms. The van der Waals surface area contributed by atoms with Crippen LogP contribution in [0.1, 0.15) is 90.4 Å². The average Bonchev–Trinajstić information content (AvgIpc) is 3.58. The predicted molar refractivity (Wildman–Crippen MR) is 124 cm³/mol. The van der Waals surface area contributed by atoms with Gasteiger partial charge in [-0.2, -0.15) is 13.2 Å². The Balaban J connectivity index is 1.30. The number of halogens is 3. The summed E-state index contributed by atoms with van der Waals surface area (Å²) in [5, 5.41) is 15.8. The minimum atomic E-state index is -4.40. The molecule has 4 atom stereocenters. The molecule has 3 N–H and O–H groups in total. The molecule has 2 saturated carbocycles. The highest BCUT2D eigenvalue weighted by Gasteiger charge is 2.42. The third-order valence-corrected chi connectivity index (χ3v) is 7.82.